The van der Waals surface area contributed by atoms with Gasteiger partial charge in [0, 0.05) is 31.5 Å². The average Bonchev–Trinajstić information content (AvgIpc) is 2.72. The fraction of sp³-hybridized carbons (Fsp3) is 0.333. The number of aryl methyl sites for hydroxylation is 2. The van der Waals surface area contributed by atoms with Crippen molar-refractivity contribution in [3.8, 4) is 0 Å². The van der Waals surface area contributed by atoms with Crippen LogP contribution in [0.4, 0.5) is 0 Å². The lowest BCUT2D eigenvalue weighted by Crippen LogP contribution is -2.20. The third-order valence-corrected chi connectivity index (χ3v) is 3.30. The fourth-order valence-electron chi connectivity index (χ4n) is 2.12. The van der Waals surface area contributed by atoms with Crippen molar-refractivity contribution in [1.29, 1.82) is 0 Å². The topological polar surface area (TPSA) is 17.0 Å². The first-order valence-corrected chi connectivity index (χ1v) is 6.07. The van der Waals surface area contributed by atoms with E-state index in [9.17, 15) is 0 Å². The van der Waals surface area contributed by atoms with Gasteiger partial charge in [-0.25, -0.2) is 0 Å². The fourth-order valence-corrected chi connectivity index (χ4v) is 2.12. The summed E-state index contributed by atoms with van der Waals surface area (Å²) in [7, 11) is 2.08. The van der Waals surface area contributed by atoms with Gasteiger partial charge in [0.25, 0.3) is 0 Å². The highest BCUT2D eigenvalue weighted by Gasteiger charge is 2.07. The van der Waals surface area contributed by atoms with E-state index in [0.717, 1.165) is 6.54 Å². The van der Waals surface area contributed by atoms with E-state index >= 15 is 0 Å². The Labute approximate surface area is 103 Å². The molecule has 0 fully saturated rings. The van der Waals surface area contributed by atoms with E-state index in [1.165, 1.54) is 16.8 Å². The van der Waals surface area contributed by atoms with Crippen molar-refractivity contribution >= 4 is 0 Å². The maximum atomic E-state index is 3.56. The van der Waals surface area contributed by atoms with Crippen LogP contribution < -0.4 is 5.32 Å². The van der Waals surface area contributed by atoms with Crippen LogP contribution in [-0.4, -0.2) is 4.57 Å². The average molecular weight is 228 g/mol. The maximum Gasteiger partial charge on any atom is 0.0364 e. The van der Waals surface area contributed by atoms with Crippen LogP contribution in [0.25, 0.3) is 0 Å². The van der Waals surface area contributed by atoms with Crippen LogP contribution in [0.5, 0.6) is 0 Å². The molecular weight excluding hydrogens is 208 g/mol. The zero-order valence-corrected chi connectivity index (χ0v) is 10.8. The molecular formula is C15H20N2. The van der Waals surface area contributed by atoms with Crippen LogP contribution in [-0.2, 0) is 13.6 Å². The van der Waals surface area contributed by atoms with Crippen LogP contribution in [0.2, 0.25) is 0 Å². The molecule has 1 aromatic carbocycles. The first-order chi connectivity index (χ1) is 8.18. The molecule has 0 aliphatic carbocycles. The lowest BCUT2D eigenvalue weighted by atomic mass is 10.0. The second kappa shape index (κ2) is 5.19. The molecule has 1 heterocycles. The second-order valence-electron chi connectivity index (χ2n) is 4.57. The molecule has 0 aliphatic rings. The molecule has 0 saturated carbocycles. The summed E-state index contributed by atoms with van der Waals surface area (Å²) in [4.78, 5) is 0. The van der Waals surface area contributed by atoms with E-state index in [1.54, 1.807) is 0 Å². The minimum Gasteiger partial charge on any atom is -0.353 e. The first kappa shape index (κ1) is 11.9. The minimum absolute atomic E-state index is 0.381. The van der Waals surface area contributed by atoms with E-state index in [0.29, 0.717) is 6.04 Å². The molecule has 0 bridgehead atoms. The van der Waals surface area contributed by atoms with Crippen molar-refractivity contribution in [2.24, 2.45) is 7.05 Å². The van der Waals surface area contributed by atoms with Crippen LogP contribution >= 0.6 is 0 Å². The molecule has 0 radical (unpaired) electrons. The Morgan fingerprint density at radius 3 is 2.59 bits per heavy atom. The van der Waals surface area contributed by atoms with Crippen LogP contribution in [0.1, 0.15) is 29.8 Å². The summed E-state index contributed by atoms with van der Waals surface area (Å²) in [6, 6.07) is 13.2. The molecule has 2 nitrogen and oxygen atoms in total. The van der Waals surface area contributed by atoms with Gasteiger partial charge in [0.15, 0.2) is 0 Å². The van der Waals surface area contributed by atoms with Gasteiger partial charge >= 0.3 is 0 Å². The third kappa shape index (κ3) is 2.77. The second-order valence-corrected chi connectivity index (χ2v) is 4.57. The molecule has 0 aliphatic heterocycles. The predicted octanol–water partition coefficient (Wildman–Crippen LogP) is 3.18. The standard InChI is InChI=1S/C15H20N2/c1-12-7-4-5-9-15(12)13(2)16-11-14-8-6-10-17(14)3/h4-10,13,16H,11H2,1-3H3/t13-/m1/s1. The Kier molecular flexibility index (Phi) is 3.64. The summed E-state index contributed by atoms with van der Waals surface area (Å²) in [5, 5.41) is 3.56. The van der Waals surface area contributed by atoms with E-state index in [4.69, 9.17) is 0 Å². The molecule has 0 saturated heterocycles. The normalized spacial score (nSPS) is 12.6. The lowest BCUT2D eigenvalue weighted by Gasteiger charge is -2.16. The van der Waals surface area contributed by atoms with Gasteiger partial charge in [0.1, 0.15) is 0 Å². The molecule has 0 spiro atoms. The first-order valence-electron chi connectivity index (χ1n) is 6.07. The zero-order valence-electron chi connectivity index (χ0n) is 10.8. The number of hydrogen-bond donors (Lipinski definition) is 1. The molecule has 2 heteroatoms. The molecule has 1 N–H and O–H groups in total. The summed E-state index contributed by atoms with van der Waals surface area (Å²) >= 11 is 0. The van der Waals surface area contributed by atoms with Gasteiger partial charge in [-0.2, -0.15) is 0 Å². The number of nitrogens with zero attached hydrogens (tertiary/aromatic N) is 1. The van der Waals surface area contributed by atoms with E-state index in [1.807, 2.05) is 0 Å². The van der Waals surface area contributed by atoms with Crippen LogP contribution in [0, 0.1) is 6.92 Å². The van der Waals surface area contributed by atoms with Crippen molar-refractivity contribution in [2.75, 3.05) is 0 Å². The molecule has 0 amide bonds. The Hall–Kier alpha value is -1.54. The van der Waals surface area contributed by atoms with Crippen LogP contribution in [0.3, 0.4) is 0 Å². The molecule has 1 atom stereocenters. The van der Waals surface area contributed by atoms with Crippen molar-refractivity contribution in [3.63, 3.8) is 0 Å². The van der Waals surface area contributed by atoms with Gasteiger partial charge in [-0.15, -0.1) is 0 Å². The Morgan fingerprint density at radius 2 is 1.94 bits per heavy atom. The van der Waals surface area contributed by atoms with Crippen molar-refractivity contribution in [2.45, 2.75) is 26.4 Å². The summed E-state index contributed by atoms with van der Waals surface area (Å²) in [5.41, 5.74) is 4.03. The molecule has 90 valence electrons. The molecule has 2 aromatic rings. The smallest absolute Gasteiger partial charge is 0.0364 e. The zero-order chi connectivity index (χ0) is 12.3. The summed E-state index contributed by atoms with van der Waals surface area (Å²) < 4.78 is 2.15. The van der Waals surface area contributed by atoms with Crippen molar-refractivity contribution < 1.29 is 0 Å². The molecule has 2 rings (SSSR count). The van der Waals surface area contributed by atoms with Crippen molar-refractivity contribution in [1.82, 2.24) is 9.88 Å². The Bertz CT molecular complexity index is 485. The quantitative estimate of drug-likeness (QED) is 0.850. The summed E-state index contributed by atoms with van der Waals surface area (Å²) in [6.45, 7) is 5.28. The number of hydrogen-bond acceptors (Lipinski definition) is 1. The van der Waals surface area contributed by atoms with Gasteiger partial charge < -0.3 is 9.88 Å². The number of aromatic nitrogens is 1. The number of benzene rings is 1. The Balaban J connectivity index is 2.01. The molecule has 1 aromatic heterocycles. The highest BCUT2D eigenvalue weighted by atomic mass is 15.0. The summed E-state index contributed by atoms with van der Waals surface area (Å²) in [6.07, 6.45) is 2.08. The Morgan fingerprint density at radius 1 is 1.18 bits per heavy atom. The van der Waals surface area contributed by atoms with Gasteiger partial charge in [0.2, 0.25) is 0 Å². The third-order valence-electron chi connectivity index (χ3n) is 3.30. The number of nitrogens with one attached hydrogen (secondary N) is 1. The van der Waals surface area contributed by atoms with E-state index in [-0.39, 0.29) is 0 Å². The molecule has 0 unspecified atom stereocenters. The van der Waals surface area contributed by atoms with E-state index in [2.05, 4.69) is 73.4 Å². The lowest BCUT2D eigenvalue weighted by molar-refractivity contribution is 0.556. The minimum atomic E-state index is 0.381. The SMILES string of the molecule is Cc1ccccc1[C@@H](C)NCc1cccn1C. The van der Waals surface area contributed by atoms with Gasteiger partial charge in [-0.05, 0) is 37.1 Å². The van der Waals surface area contributed by atoms with Gasteiger partial charge in [0.05, 0.1) is 0 Å². The number of rotatable bonds is 4. The highest BCUT2D eigenvalue weighted by Crippen LogP contribution is 2.17. The van der Waals surface area contributed by atoms with Crippen molar-refractivity contribution in [3.05, 3.63) is 59.4 Å². The highest BCUT2D eigenvalue weighted by molar-refractivity contribution is 5.28. The monoisotopic (exact) mass is 228 g/mol. The van der Waals surface area contributed by atoms with Gasteiger partial charge in [-0.3, -0.25) is 0 Å². The van der Waals surface area contributed by atoms with Crippen LogP contribution in [0.15, 0.2) is 42.6 Å². The van der Waals surface area contributed by atoms with Gasteiger partial charge in [-0.1, -0.05) is 24.3 Å². The molecule has 17 heavy (non-hydrogen) atoms. The predicted molar refractivity (Wildman–Crippen MR) is 71.8 cm³/mol. The van der Waals surface area contributed by atoms with E-state index < -0.39 is 0 Å². The largest absolute Gasteiger partial charge is 0.353 e. The maximum absolute atomic E-state index is 3.56. The summed E-state index contributed by atoms with van der Waals surface area (Å²) in [5.74, 6) is 0.